The number of hydrogen-bond acceptors (Lipinski definition) is 4. The standard InChI is InChI=1S/C21H24N2O3/c24-14-18(13-15-4-2-1-3-5-15)22-20-10-8-17-12-16(6-9-19(17)20)7-11-21(25)23-26/h1-7,9,11-12,18,20,22,24,26H,8,10,13-14H2,(H,23,25)/t18-,20+/m0/s1. The van der Waals surface area contributed by atoms with E-state index in [0.717, 1.165) is 24.8 Å². The first kappa shape index (κ1) is 18.3. The van der Waals surface area contributed by atoms with E-state index in [0.29, 0.717) is 0 Å². The van der Waals surface area contributed by atoms with Gasteiger partial charge >= 0.3 is 0 Å². The van der Waals surface area contributed by atoms with Crippen molar-refractivity contribution in [3.63, 3.8) is 0 Å². The quantitative estimate of drug-likeness (QED) is 0.350. The zero-order valence-electron chi connectivity index (χ0n) is 14.6. The number of fused-ring (bicyclic) bond motifs is 1. The summed E-state index contributed by atoms with van der Waals surface area (Å²) in [6.07, 6.45) is 5.72. The third kappa shape index (κ3) is 4.58. The highest BCUT2D eigenvalue weighted by Crippen LogP contribution is 2.32. The van der Waals surface area contributed by atoms with E-state index in [2.05, 4.69) is 29.6 Å². The lowest BCUT2D eigenvalue weighted by molar-refractivity contribution is -0.124. The van der Waals surface area contributed by atoms with Crippen molar-refractivity contribution < 1.29 is 15.1 Å². The van der Waals surface area contributed by atoms with Crippen LogP contribution in [-0.4, -0.2) is 28.9 Å². The predicted octanol–water partition coefficient (Wildman–Crippen LogP) is 2.39. The van der Waals surface area contributed by atoms with Crippen molar-refractivity contribution in [2.75, 3.05) is 6.61 Å². The van der Waals surface area contributed by atoms with Crippen LogP contribution in [0.3, 0.4) is 0 Å². The second kappa shape index (κ2) is 8.76. The number of amides is 1. The summed E-state index contributed by atoms with van der Waals surface area (Å²) in [6.45, 7) is 0.0951. The van der Waals surface area contributed by atoms with Crippen molar-refractivity contribution in [2.45, 2.75) is 31.3 Å². The number of hydroxylamine groups is 1. The lowest BCUT2D eigenvalue weighted by atomic mass is 10.0. The zero-order chi connectivity index (χ0) is 18.4. The molecule has 3 rings (SSSR count). The van der Waals surface area contributed by atoms with Gasteiger partial charge in [-0.05, 0) is 47.6 Å². The third-order valence-electron chi connectivity index (χ3n) is 4.76. The predicted molar refractivity (Wildman–Crippen MR) is 101 cm³/mol. The fourth-order valence-electron chi connectivity index (χ4n) is 3.48. The molecule has 0 saturated heterocycles. The van der Waals surface area contributed by atoms with Crippen molar-refractivity contribution in [2.24, 2.45) is 0 Å². The molecule has 0 unspecified atom stereocenters. The van der Waals surface area contributed by atoms with Gasteiger partial charge in [0.25, 0.3) is 5.91 Å². The molecule has 2 atom stereocenters. The van der Waals surface area contributed by atoms with E-state index >= 15 is 0 Å². The van der Waals surface area contributed by atoms with Crippen LogP contribution in [0.4, 0.5) is 0 Å². The van der Waals surface area contributed by atoms with Crippen molar-refractivity contribution in [3.8, 4) is 0 Å². The molecule has 2 aromatic rings. The number of carbonyl (C=O) groups is 1. The van der Waals surface area contributed by atoms with Crippen molar-refractivity contribution in [1.29, 1.82) is 0 Å². The van der Waals surface area contributed by atoms with E-state index < -0.39 is 5.91 Å². The maximum atomic E-state index is 11.1. The van der Waals surface area contributed by atoms with Gasteiger partial charge in [0.05, 0.1) is 6.61 Å². The molecule has 0 aliphatic heterocycles. The monoisotopic (exact) mass is 352 g/mol. The molecule has 0 bridgehead atoms. The average Bonchev–Trinajstić information content (AvgIpc) is 3.08. The van der Waals surface area contributed by atoms with Gasteiger partial charge in [0.2, 0.25) is 0 Å². The first-order chi connectivity index (χ1) is 12.7. The molecule has 1 amide bonds. The average molecular weight is 352 g/mol. The minimum atomic E-state index is -0.545. The first-order valence-corrected chi connectivity index (χ1v) is 8.85. The Morgan fingerprint density at radius 2 is 2.04 bits per heavy atom. The largest absolute Gasteiger partial charge is 0.395 e. The summed E-state index contributed by atoms with van der Waals surface area (Å²) in [7, 11) is 0. The molecule has 0 heterocycles. The van der Waals surface area contributed by atoms with Crippen LogP contribution >= 0.6 is 0 Å². The summed E-state index contributed by atoms with van der Waals surface area (Å²) in [4.78, 5) is 11.1. The van der Waals surface area contributed by atoms with E-state index in [1.807, 2.05) is 24.3 Å². The summed E-state index contributed by atoms with van der Waals surface area (Å²) >= 11 is 0. The maximum absolute atomic E-state index is 11.1. The number of carbonyl (C=O) groups excluding carboxylic acids is 1. The summed E-state index contributed by atoms with van der Waals surface area (Å²) in [5.74, 6) is -0.545. The number of hydrogen-bond donors (Lipinski definition) is 4. The van der Waals surface area contributed by atoms with Crippen LogP contribution in [0.15, 0.2) is 54.6 Å². The fraction of sp³-hybridized carbons (Fsp3) is 0.286. The minimum absolute atomic E-state index is 0.0150. The normalized spacial score (nSPS) is 17.2. The molecule has 2 aromatic carbocycles. The highest BCUT2D eigenvalue weighted by molar-refractivity contribution is 5.90. The second-order valence-corrected chi connectivity index (χ2v) is 6.59. The van der Waals surface area contributed by atoms with E-state index in [1.54, 1.807) is 11.6 Å². The van der Waals surface area contributed by atoms with Crippen LogP contribution in [0.2, 0.25) is 0 Å². The molecule has 0 aromatic heterocycles. The third-order valence-corrected chi connectivity index (χ3v) is 4.76. The molecular weight excluding hydrogens is 328 g/mol. The SMILES string of the molecule is O=C(C=Cc1ccc2c(c1)CC[C@H]2N[C@H](CO)Cc1ccccc1)NO. The van der Waals surface area contributed by atoms with Crippen LogP contribution in [0.25, 0.3) is 6.08 Å². The van der Waals surface area contributed by atoms with Crippen molar-refractivity contribution >= 4 is 12.0 Å². The van der Waals surface area contributed by atoms with Gasteiger partial charge in [-0.15, -0.1) is 0 Å². The molecule has 0 radical (unpaired) electrons. The summed E-state index contributed by atoms with van der Waals surface area (Å²) in [6, 6.07) is 16.5. The van der Waals surface area contributed by atoms with Crippen LogP contribution in [0.1, 0.15) is 34.7 Å². The van der Waals surface area contributed by atoms with Crippen LogP contribution in [0, 0.1) is 0 Å². The Balaban J connectivity index is 1.67. The molecule has 0 saturated carbocycles. The lowest BCUT2D eigenvalue weighted by Gasteiger charge is -2.22. The summed E-state index contributed by atoms with van der Waals surface area (Å²) in [5, 5.41) is 21.9. The summed E-state index contributed by atoms with van der Waals surface area (Å²) < 4.78 is 0. The van der Waals surface area contributed by atoms with Gasteiger partial charge in [0.1, 0.15) is 0 Å². The van der Waals surface area contributed by atoms with Gasteiger partial charge < -0.3 is 10.4 Å². The van der Waals surface area contributed by atoms with Crippen LogP contribution in [-0.2, 0) is 17.6 Å². The number of benzene rings is 2. The second-order valence-electron chi connectivity index (χ2n) is 6.59. The zero-order valence-corrected chi connectivity index (χ0v) is 14.6. The Bertz CT molecular complexity index is 774. The van der Waals surface area contributed by atoms with E-state index in [4.69, 9.17) is 5.21 Å². The van der Waals surface area contributed by atoms with Gasteiger partial charge in [-0.25, -0.2) is 5.48 Å². The Morgan fingerprint density at radius 1 is 1.23 bits per heavy atom. The summed E-state index contributed by atoms with van der Waals surface area (Å²) in [5.41, 5.74) is 6.22. The van der Waals surface area contributed by atoms with Crippen LogP contribution in [0.5, 0.6) is 0 Å². The van der Waals surface area contributed by atoms with E-state index in [9.17, 15) is 9.90 Å². The molecule has 1 aliphatic rings. The van der Waals surface area contributed by atoms with Gasteiger partial charge in [-0.1, -0.05) is 48.5 Å². The molecule has 5 nitrogen and oxygen atoms in total. The highest BCUT2D eigenvalue weighted by atomic mass is 16.5. The van der Waals surface area contributed by atoms with E-state index in [1.165, 1.54) is 22.8 Å². The number of aryl methyl sites for hydroxylation is 1. The lowest BCUT2D eigenvalue weighted by Crippen LogP contribution is -2.36. The molecule has 26 heavy (non-hydrogen) atoms. The van der Waals surface area contributed by atoms with Gasteiger partial charge in [0.15, 0.2) is 0 Å². The number of nitrogens with one attached hydrogen (secondary N) is 2. The number of rotatable bonds is 7. The van der Waals surface area contributed by atoms with Crippen molar-refractivity contribution in [1.82, 2.24) is 10.8 Å². The molecule has 0 fully saturated rings. The van der Waals surface area contributed by atoms with Crippen LogP contribution < -0.4 is 10.8 Å². The highest BCUT2D eigenvalue weighted by Gasteiger charge is 2.24. The van der Waals surface area contributed by atoms with Gasteiger partial charge in [-0.2, -0.15) is 0 Å². The van der Waals surface area contributed by atoms with Crippen molar-refractivity contribution in [3.05, 3.63) is 76.9 Å². The topological polar surface area (TPSA) is 81.6 Å². The minimum Gasteiger partial charge on any atom is -0.395 e. The molecule has 5 heteroatoms. The molecular formula is C21H24N2O3. The molecule has 0 spiro atoms. The smallest absolute Gasteiger partial charge is 0.267 e. The first-order valence-electron chi connectivity index (χ1n) is 8.85. The number of aliphatic hydroxyl groups excluding tert-OH is 1. The molecule has 1 aliphatic carbocycles. The Kier molecular flexibility index (Phi) is 6.17. The molecule has 136 valence electrons. The Labute approximate surface area is 153 Å². The number of aliphatic hydroxyl groups is 1. The Hall–Kier alpha value is -2.47. The Morgan fingerprint density at radius 3 is 2.77 bits per heavy atom. The fourth-order valence-corrected chi connectivity index (χ4v) is 3.48. The van der Waals surface area contributed by atoms with Gasteiger partial charge in [-0.3, -0.25) is 10.0 Å². The molecule has 4 N–H and O–H groups in total. The maximum Gasteiger partial charge on any atom is 0.267 e. The van der Waals surface area contributed by atoms with Gasteiger partial charge in [0, 0.05) is 18.2 Å². The van der Waals surface area contributed by atoms with E-state index in [-0.39, 0.29) is 18.7 Å².